The fourth-order valence-electron chi connectivity index (χ4n) is 1.94. The van der Waals surface area contributed by atoms with Crippen molar-refractivity contribution in [2.24, 2.45) is 0 Å². The maximum absolute atomic E-state index is 12.3. The Kier molecular flexibility index (Phi) is 4.39. The number of hydrogen-bond donors (Lipinski definition) is 2. The van der Waals surface area contributed by atoms with Crippen molar-refractivity contribution in [1.29, 1.82) is 0 Å². The molecular formula is C14H15BrN2O2. The van der Waals surface area contributed by atoms with Gasteiger partial charge in [-0.15, -0.1) is 6.58 Å². The zero-order chi connectivity index (χ0) is 13.8. The van der Waals surface area contributed by atoms with Crippen molar-refractivity contribution in [2.75, 3.05) is 19.7 Å². The van der Waals surface area contributed by atoms with Gasteiger partial charge in [-0.2, -0.15) is 0 Å². The molecule has 1 aromatic carbocycles. The van der Waals surface area contributed by atoms with Crippen molar-refractivity contribution in [2.45, 2.75) is 0 Å². The fraction of sp³-hybridized carbons (Fsp3) is 0.214. The smallest absolute Gasteiger partial charge is 0.270 e. The number of aliphatic hydroxyl groups excluding tert-OH is 1. The first kappa shape index (κ1) is 13.8. The van der Waals surface area contributed by atoms with Gasteiger partial charge in [-0.25, -0.2) is 0 Å². The lowest BCUT2D eigenvalue weighted by Crippen LogP contribution is -2.33. The van der Waals surface area contributed by atoms with Crippen molar-refractivity contribution in [1.82, 2.24) is 9.88 Å². The second-order valence-corrected chi connectivity index (χ2v) is 5.09. The van der Waals surface area contributed by atoms with E-state index in [9.17, 15) is 4.79 Å². The molecule has 100 valence electrons. The van der Waals surface area contributed by atoms with Crippen LogP contribution in [0.4, 0.5) is 0 Å². The topological polar surface area (TPSA) is 56.3 Å². The van der Waals surface area contributed by atoms with Crippen molar-refractivity contribution >= 4 is 32.7 Å². The van der Waals surface area contributed by atoms with E-state index in [4.69, 9.17) is 5.11 Å². The number of nitrogens with one attached hydrogen (secondary N) is 1. The van der Waals surface area contributed by atoms with Crippen LogP contribution in [-0.4, -0.2) is 40.6 Å². The average Bonchev–Trinajstić information content (AvgIpc) is 2.80. The first-order valence-electron chi connectivity index (χ1n) is 5.95. The van der Waals surface area contributed by atoms with Gasteiger partial charge in [0.15, 0.2) is 0 Å². The Balaban J connectivity index is 2.31. The molecule has 0 saturated heterocycles. The first-order valence-corrected chi connectivity index (χ1v) is 6.74. The summed E-state index contributed by atoms with van der Waals surface area (Å²) in [5.41, 5.74) is 1.43. The summed E-state index contributed by atoms with van der Waals surface area (Å²) in [5, 5.41) is 9.96. The number of halogens is 1. The van der Waals surface area contributed by atoms with E-state index < -0.39 is 0 Å². The number of nitrogens with zero attached hydrogens (tertiary/aromatic N) is 1. The number of hydrogen-bond acceptors (Lipinski definition) is 2. The van der Waals surface area contributed by atoms with Gasteiger partial charge in [-0.05, 0) is 24.3 Å². The van der Waals surface area contributed by atoms with Crippen LogP contribution in [-0.2, 0) is 0 Å². The highest BCUT2D eigenvalue weighted by Crippen LogP contribution is 2.21. The van der Waals surface area contributed by atoms with Crippen molar-refractivity contribution in [3.63, 3.8) is 0 Å². The van der Waals surface area contributed by atoms with Crippen molar-refractivity contribution in [3.05, 3.63) is 47.1 Å². The minimum absolute atomic E-state index is 0.0641. The second kappa shape index (κ2) is 6.04. The minimum Gasteiger partial charge on any atom is -0.395 e. The highest BCUT2D eigenvalue weighted by molar-refractivity contribution is 9.10. The van der Waals surface area contributed by atoms with Crippen LogP contribution >= 0.6 is 15.9 Å². The van der Waals surface area contributed by atoms with Gasteiger partial charge in [0.1, 0.15) is 5.69 Å². The molecule has 0 aliphatic rings. The summed E-state index contributed by atoms with van der Waals surface area (Å²) in [6, 6.07) is 7.60. The molecular weight excluding hydrogens is 308 g/mol. The number of fused-ring (bicyclic) bond motifs is 1. The molecule has 0 radical (unpaired) electrons. The highest BCUT2D eigenvalue weighted by Gasteiger charge is 2.16. The van der Waals surface area contributed by atoms with E-state index >= 15 is 0 Å². The van der Waals surface area contributed by atoms with Gasteiger partial charge >= 0.3 is 0 Å². The molecule has 0 unspecified atom stereocenters. The Morgan fingerprint density at radius 1 is 1.47 bits per heavy atom. The highest BCUT2D eigenvalue weighted by atomic mass is 79.9. The number of H-pyrrole nitrogens is 1. The van der Waals surface area contributed by atoms with Crippen LogP contribution in [0.15, 0.2) is 41.4 Å². The number of carbonyl (C=O) groups excluding carboxylic acids is 1. The summed E-state index contributed by atoms with van der Waals surface area (Å²) in [5.74, 6) is -0.138. The maximum Gasteiger partial charge on any atom is 0.270 e. The maximum atomic E-state index is 12.3. The lowest BCUT2D eigenvalue weighted by Gasteiger charge is -2.18. The minimum atomic E-state index is -0.138. The third-order valence-electron chi connectivity index (χ3n) is 2.82. The van der Waals surface area contributed by atoms with Crippen molar-refractivity contribution in [3.8, 4) is 0 Å². The average molecular weight is 323 g/mol. The molecule has 1 aromatic heterocycles. The lowest BCUT2D eigenvalue weighted by molar-refractivity contribution is 0.0738. The molecule has 2 aromatic rings. The van der Waals surface area contributed by atoms with Crippen LogP contribution in [0.2, 0.25) is 0 Å². The van der Waals surface area contributed by atoms with E-state index in [-0.39, 0.29) is 12.5 Å². The normalized spacial score (nSPS) is 10.6. The van der Waals surface area contributed by atoms with E-state index in [0.29, 0.717) is 18.8 Å². The zero-order valence-electron chi connectivity index (χ0n) is 10.4. The van der Waals surface area contributed by atoms with E-state index in [1.807, 2.05) is 24.3 Å². The van der Waals surface area contributed by atoms with E-state index in [1.165, 1.54) is 0 Å². The van der Waals surface area contributed by atoms with Crippen LogP contribution in [0.1, 0.15) is 10.5 Å². The molecule has 1 heterocycles. The molecule has 19 heavy (non-hydrogen) atoms. The number of carbonyl (C=O) groups is 1. The Bertz CT molecular complexity index is 607. The molecule has 0 bridgehead atoms. The standard InChI is InChI=1S/C14H15BrN2O2/c1-2-5-17(6-7-18)14(19)13-9-10-8-11(15)3-4-12(10)16-13/h2-4,8-9,16,18H,1,5-7H2. The molecule has 0 aliphatic carbocycles. The molecule has 0 aliphatic heterocycles. The molecule has 0 fully saturated rings. The number of amides is 1. The van der Waals surface area contributed by atoms with E-state index in [1.54, 1.807) is 11.0 Å². The van der Waals surface area contributed by atoms with Crippen LogP contribution in [0.5, 0.6) is 0 Å². The lowest BCUT2D eigenvalue weighted by atomic mass is 10.2. The predicted octanol–water partition coefficient (Wildman–Crippen LogP) is 2.55. The molecule has 1 amide bonds. The molecule has 0 spiro atoms. The number of aliphatic hydroxyl groups is 1. The Morgan fingerprint density at radius 3 is 2.95 bits per heavy atom. The Hall–Kier alpha value is -1.59. The quantitative estimate of drug-likeness (QED) is 0.831. The zero-order valence-corrected chi connectivity index (χ0v) is 12.0. The summed E-state index contributed by atoms with van der Waals surface area (Å²) in [7, 11) is 0. The third-order valence-corrected chi connectivity index (χ3v) is 3.31. The SMILES string of the molecule is C=CCN(CCO)C(=O)c1cc2cc(Br)ccc2[nH]1. The van der Waals surface area contributed by atoms with Gasteiger partial charge in [0.25, 0.3) is 5.91 Å². The van der Waals surface area contributed by atoms with Gasteiger partial charge in [-0.1, -0.05) is 22.0 Å². The van der Waals surface area contributed by atoms with Crippen LogP contribution in [0, 0.1) is 0 Å². The molecule has 2 rings (SSSR count). The van der Waals surface area contributed by atoms with Gasteiger partial charge in [0, 0.05) is 28.5 Å². The third kappa shape index (κ3) is 3.05. The predicted molar refractivity (Wildman–Crippen MR) is 79.2 cm³/mol. The van der Waals surface area contributed by atoms with Crippen LogP contribution in [0.25, 0.3) is 10.9 Å². The number of benzene rings is 1. The summed E-state index contributed by atoms with van der Waals surface area (Å²) < 4.78 is 0.969. The van der Waals surface area contributed by atoms with Gasteiger partial charge in [0.2, 0.25) is 0 Å². The van der Waals surface area contributed by atoms with Crippen LogP contribution < -0.4 is 0 Å². The molecule has 4 nitrogen and oxygen atoms in total. The molecule has 5 heteroatoms. The summed E-state index contributed by atoms with van der Waals surface area (Å²) in [6.45, 7) is 4.27. The van der Waals surface area contributed by atoms with E-state index in [0.717, 1.165) is 15.4 Å². The number of aromatic nitrogens is 1. The molecule has 0 saturated carbocycles. The largest absolute Gasteiger partial charge is 0.395 e. The summed E-state index contributed by atoms with van der Waals surface area (Å²) >= 11 is 3.40. The van der Waals surface area contributed by atoms with Crippen LogP contribution in [0.3, 0.4) is 0 Å². The number of aromatic amines is 1. The number of rotatable bonds is 5. The Labute approximate surface area is 119 Å². The molecule has 2 N–H and O–H groups in total. The summed E-state index contributed by atoms with van der Waals surface area (Å²) in [6.07, 6.45) is 1.65. The second-order valence-electron chi connectivity index (χ2n) is 4.18. The van der Waals surface area contributed by atoms with E-state index in [2.05, 4.69) is 27.5 Å². The van der Waals surface area contributed by atoms with Crippen molar-refractivity contribution < 1.29 is 9.90 Å². The monoisotopic (exact) mass is 322 g/mol. The first-order chi connectivity index (χ1) is 9.15. The Morgan fingerprint density at radius 2 is 2.26 bits per heavy atom. The van der Waals surface area contributed by atoms with Gasteiger partial charge < -0.3 is 15.0 Å². The summed E-state index contributed by atoms with van der Waals surface area (Å²) in [4.78, 5) is 16.9. The van der Waals surface area contributed by atoms with Gasteiger partial charge in [-0.3, -0.25) is 4.79 Å². The van der Waals surface area contributed by atoms with Gasteiger partial charge in [0.05, 0.1) is 6.61 Å². The fourth-order valence-corrected chi connectivity index (χ4v) is 2.32. The molecule has 0 atom stereocenters.